The fraction of sp³-hybridized carbons (Fsp3) is 0.100. The van der Waals surface area contributed by atoms with Crippen molar-refractivity contribution in [2.75, 3.05) is 5.73 Å². The van der Waals surface area contributed by atoms with Gasteiger partial charge in [-0.1, -0.05) is 11.8 Å². The summed E-state index contributed by atoms with van der Waals surface area (Å²) in [6.45, 7) is 0. The summed E-state index contributed by atoms with van der Waals surface area (Å²) in [4.78, 5) is 11.3. The highest BCUT2D eigenvalue weighted by atomic mass is 32.2. The zero-order chi connectivity index (χ0) is 13.2. The van der Waals surface area contributed by atoms with Crippen LogP contribution < -0.4 is 5.73 Å². The second-order valence-corrected chi connectivity index (χ2v) is 4.31. The van der Waals surface area contributed by atoms with Crippen molar-refractivity contribution in [2.45, 2.75) is 16.1 Å². The van der Waals surface area contributed by atoms with E-state index >= 15 is 0 Å². The number of alkyl halides is 3. The van der Waals surface area contributed by atoms with Crippen molar-refractivity contribution in [1.29, 1.82) is 0 Å². The maximum Gasteiger partial charge on any atom is 0.433 e. The van der Waals surface area contributed by atoms with Crippen LogP contribution in [0.3, 0.4) is 0 Å². The Morgan fingerprint density at radius 3 is 2.50 bits per heavy atom. The third kappa shape index (κ3) is 2.89. The van der Waals surface area contributed by atoms with Gasteiger partial charge in [0.25, 0.3) is 0 Å². The Labute approximate surface area is 104 Å². The molecule has 94 valence electrons. The molecule has 0 radical (unpaired) electrons. The molecule has 0 aliphatic heterocycles. The van der Waals surface area contributed by atoms with Crippen LogP contribution in [0.4, 0.5) is 18.9 Å². The second kappa shape index (κ2) is 4.81. The van der Waals surface area contributed by atoms with Crippen molar-refractivity contribution in [3.63, 3.8) is 0 Å². The predicted molar refractivity (Wildman–Crippen MR) is 59.8 cm³/mol. The van der Waals surface area contributed by atoms with E-state index in [-0.39, 0.29) is 10.6 Å². The largest absolute Gasteiger partial charge is 0.433 e. The van der Waals surface area contributed by atoms with Gasteiger partial charge in [0.15, 0.2) is 0 Å². The molecule has 8 heteroatoms. The Hall–Kier alpha value is -1.83. The predicted octanol–water partition coefficient (Wildman–Crippen LogP) is 2.62. The van der Waals surface area contributed by atoms with Gasteiger partial charge in [0, 0.05) is 17.3 Å². The van der Waals surface area contributed by atoms with Gasteiger partial charge >= 0.3 is 6.18 Å². The Bertz CT molecular complexity index is 545. The molecule has 0 bridgehead atoms. The standard InChI is InChI=1S/C10H7F3N4S/c11-10(12,13)8-3-7(6(14)4-17-8)18-9-5-15-1-2-16-9/h1-5H,14H2. The van der Waals surface area contributed by atoms with E-state index in [9.17, 15) is 13.2 Å². The molecule has 0 saturated carbocycles. The maximum atomic E-state index is 12.5. The number of nitrogen functional groups attached to an aromatic ring is 1. The van der Waals surface area contributed by atoms with E-state index in [0.717, 1.165) is 24.0 Å². The summed E-state index contributed by atoms with van der Waals surface area (Å²) in [7, 11) is 0. The Balaban J connectivity index is 2.33. The molecule has 0 spiro atoms. The molecule has 2 aromatic rings. The summed E-state index contributed by atoms with van der Waals surface area (Å²) in [5, 5.41) is 0.462. The molecule has 0 aliphatic carbocycles. The van der Waals surface area contributed by atoms with E-state index in [0.29, 0.717) is 5.03 Å². The average molecular weight is 272 g/mol. The van der Waals surface area contributed by atoms with Gasteiger partial charge in [0.05, 0.1) is 18.1 Å². The summed E-state index contributed by atoms with van der Waals surface area (Å²) >= 11 is 1.01. The molecule has 0 aromatic carbocycles. The first-order valence-electron chi connectivity index (χ1n) is 4.73. The number of nitrogens with zero attached hydrogens (tertiary/aromatic N) is 3. The van der Waals surface area contributed by atoms with Crippen LogP contribution >= 0.6 is 11.8 Å². The smallest absolute Gasteiger partial charge is 0.397 e. The molecule has 4 nitrogen and oxygen atoms in total. The van der Waals surface area contributed by atoms with E-state index in [2.05, 4.69) is 15.0 Å². The Morgan fingerprint density at radius 2 is 1.89 bits per heavy atom. The van der Waals surface area contributed by atoms with E-state index < -0.39 is 11.9 Å². The topological polar surface area (TPSA) is 64.7 Å². The lowest BCUT2D eigenvalue weighted by molar-refractivity contribution is -0.141. The quantitative estimate of drug-likeness (QED) is 0.910. The summed E-state index contributed by atoms with van der Waals surface area (Å²) in [5.41, 5.74) is 4.76. The highest BCUT2D eigenvalue weighted by molar-refractivity contribution is 7.99. The molecule has 0 unspecified atom stereocenters. The molecule has 2 rings (SSSR count). The van der Waals surface area contributed by atoms with Crippen molar-refractivity contribution >= 4 is 17.4 Å². The van der Waals surface area contributed by atoms with Crippen molar-refractivity contribution in [2.24, 2.45) is 0 Å². The summed E-state index contributed by atoms with van der Waals surface area (Å²) in [6.07, 6.45) is 0.857. The zero-order valence-corrected chi connectivity index (χ0v) is 9.66. The van der Waals surface area contributed by atoms with Crippen LogP contribution in [0.25, 0.3) is 0 Å². The lowest BCUT2D eigenvalue weighted by atomic mass is 10.3. The number of pyridine rings is 1. The minimum atomic E-state index is -4.49. The number of anilines is 1. The monoisotopic (exact) mass is 272 g/mol. The van der Waals surface area contributed by atoms with Crippen LogP contribution in [0, 0.1) is 0 Å². The molecule has 0 fully saturated rings. The van der Waals surface area contributed by atoms with Crippen LogP contribution in [0.5, 0.6) is 0 Å². The van der Waals surface area contributed by atoms with Gasteiger partial charge in [-0.2, -0.15) is 13.2 Å². The molecule has 0 atom stereocenters. The fourth-order valence-electron chi connectivity index (χ4n) is 1.14. The van der Waals surface area contributed by atoms with Crippen LogP contribution in [-0.4, -0.2) is 15.0 Å². The summed E-state index contributed by atoms with van der Waals surface area (Å²) in [6, 6.07) is 0.898. The molecular formula is C10H7F3N4S. The normalized spacial score (nSPS) is 11.5. The van der Waals surface area contributed by atoms with E-state index in [1.165, 1.54) is 18.6 Å². The van der Waals surface area contributed by atoms with Crippen molar-refractivity contribution in [3.05, 3.63) is 36.5 Å². The summed E-state index contributed by atoms with van der Waals surface area (Å²) < 4.78 is 37.5. The Morgan fingerprint density at radius 1 is 1.11 bits per heavy atom. The lowest BCUT2D eigenvalue weighted by Crippen LogP contribution is -2.08. The number of halogens is 3. The fourth-order valence-corrected chi connectivity index (χ4v) is 1.94. The minimum absolute atomic E-state index is 0.165. The molecular weight excluding hydrogens is 265 g/mol. The van der Waals surface area contributed by atoms with Crippen molar-refractivity contribution < 1.29 is 13.2 Å². The zero-order valence-electron chi connectivity index (χ0n) is 8.85. The third-order valence-electron chi connectivity index (χ3n) is 1.94. The van der Waals surface area contributed by atoms with E-state index in [4.69, 9.17) is 5.73 Å². The van der Waals surface area contributed by atoms with Gasteiger partial charge in [0.2, 0.25) is 0 Å². The van der Waals surface area contributed by atoms with E-state index in [1.54, 1.807) is 0 Å². The number of aromatic nitrogens is 3. The lowest BCUT2D eigenvalue weighted by Gasteiger charge is -2.09. The summed E-state index contributed by atoms with van der Waals surface area (Å²) in [5.74, 6) is 0. The number of hydrogen-bond donors (Lipinski definition) is 1. The maximum absolute atomic E-state index is 12.5. The van der Waals surface area contributed by atoms with Crippen molar-refractivity contribution in [1.82, 2.24) is 15.0 Å². The molecule has 2 heterocycles. The molecule has 0 saturated heterocycles. The SMILES string of the molecule is Nc1cnc(C(F)(F)F)cc1Sc1cnccn1. The molecule has 0 amide bonds. The van der Waals surface area contributed by atoms with Crippen LogP contribution in [0.2, 0.25) is 0 Å². The van der Waals surface area contributed by atoms with Crippen molar-refractivity contribution in [3.8, 4) is 0 Å². The number of hydrogen-bond acceptors (Lipinski definition) is 5. The molecule has 2 aromatic heterocycles. The number of nitrogens with two attached hydrogens (primary N) is 1. The first kappa shape index (κ1) is 12.6. The first-order valence-corrected chi connectivity index (χ1v) is 5.55. The number of rotatable bonds is 2. The van der Waals surface area contributed by atoms with E-state index in [1.807, 2.05) is 0 Å². The van der Waals surface area contributed by atoms with Gasteiger partial charge < -0.3 is 5.73 Å². The minimum Gasteiger partial charge on any atom is -0.397 e. The first-order chi connectivity index (χ1) is 8.47. The van der Waals surface area contributed by atoms with Crippen LogP contribution in [0.1, 0.15) is 5.69 Å². The molecule has 18 heavy (non-hydrogen) atoms. The van der Waals surface area contributed by atoms with Crippen LogP contribution in [-0.2, 0) is 6.18 Å². The van der Waals surface area contributed by atoms with Crippen LogP contribution in [0.15, 0.2) is 40.8 Å². The van der Waals surface area contributed by atoms with Gasteiger partial charge in [-0.15, -0.1) is 0 Å². The Kier molecular flexibility index (Phi) is 3.37. The highest BCUT2D eigenvalue weighted by Crippen LogP contribution is 2.35. The average Bonchev–Trinajstić information content (AvgIpc) is 2.32. The second-order valence-electron chi connectivity index (χ2n) is 3.25. The molecule has 2 N–H and O–H groups in total. The van der Waals surface area contributed by atoms with Gasteiger partial charge in [-0.3, -0.25) is 4.98 Å². The molecule has 0 aliphatic rings. The van der Waals surface area contributed by atoms with Gasteiger partial charge in [-0.25, -0.2) is 9.97 Å². The van der Waals surface area contributed by atoms with Gasteiger partial charge in [0.1, 0.15) is 10.7 Å². The third-order valence-corrected chi connectivity index (χ3v) is 2.93. The van der Waals surface area contributed by atoms with Gasteiger partial charge in [-0.05, 0) is 6.07 Å². The highest BCUT2D eigenvalue weighted by Gasteiger charge is 2.33.